The van der Waals surface area contributed by atoms with Gasteiger partial charge in [-0.25, -0.2) is 0 Å². The van der Waals surface area contributed by atoms with Crippen LogP contribution in [0.2, 0.25) is 5.02 Å². The lowest BCUT2D eigenvalue weighted by Crippen LogP contribution is -2.25. The highest BCUT2D eigenvalue weighted by Crippen LogP contribution is 2.24. The third-order valence-electron chi connectivity index (χ3n) is 3.09. The Kier molecular flexibility index (Phi) is 4.56. The van der Waals surface area contributed by atoms with Gasteiger partial charge in [-0.2, -0.15) is 11.8 Å². The van der Waals surface area contributed by atoms with E-state index in [0.717, 1.165) is 17.5 Å². The summed E-state index contributed by atoms with van der Waals surface area (Å²) in [4.78, 5) is 0. The summed E-state index contributed by atoms with van der Waals surface area (Å²) in [5.41, 5.74) is 1.28. The molecule has 1 fully saturated rings. The molecule has 1 heterocycles. The molecule has 1 aromatic carbocycles. The number of hydrogen-bond acceptors (Lipinski definition) is 2. The van der Waals surface area contributed by atoms with E-state index in [9.17, 15) is 0 Å². The van der Waals surface area contributed by atoms with Crippen LogP contribution in [0.1, 0.15) is 24.9 Å². The van der Waals surface area contributed by atoms with Crippen LogP contribution in [0.3, 0.4) is 0 Å². The van der Waals surface area contributed by atoms with Gasteiger partial charge < -0.3 is 5.32 Å². The summed E-state index contributed by atoms with van der Waals surface area (Å²) in [5, 5.41) is 4.42. The molecule has 0 aliphatic carbocycles. The maximum Gasteiger partial charge on any atom is 0.0409 e. The summed E-state index contributed by atoms with van der Waals surface area (Å²) in [6.07, 6.45) is 1.36. The minimum Gasteiger partial charge on any atom is -0.310 e. The van der Waals surface area contributed by atoms with Crippen LogP contribution in [0.4, 0.5) is 0 Å². The van der Waals surface area contributed by atoms with E-state index in [4.69, 9.17) is 11.6 Å². The van der Waals surface area contributed by atoms with E-state index >= 15 is 0 Å². The Morgan fingerprint density at radius 2 is 2.44 bits per heavy atom. The number of rotatable bonds is 4. The van der Waals surface area contributed by atoms with Gasteiger partial charge in [-0.3, -0.25) is 0 Å². The molecule has 0 spiro atoms. The summed E-state index contributed by atoms with van der Waals surface area (Å²) in [6.45, 7) is 3.33. The second-order valence-electron chi connectivity index (χ2n) is 4.41. The first-order valence-corrected chi connectivity index (χ1v) is 7.35. The summed E-state index contributed by atoms with van der Waals surface area (Å²) >= 11 is 8.06. The SMILES string of the molecule is C[C@H](NCC1CCSC1)c1cccc(Cl)c1. The molecule has 0 saturated carbocycles. The van der Waals surface area contributed by atoms with Gasteiger partial charge in [0, 0.05) is 11.1 Å². The average Bonchev–Trinajstić information content (AvgIpc) is 2.78. The van der Waals surface area contributed by atoms with Crippen LogP contribution < -0.4 is 5.32 Å². The first-order valence-electron chi connectivity index (χ1n) is 5.82. The average molecular weight is 256 g/mol. The zero-order chi connectivity index (χ0) is 11.4. The Morgan fingerprint density at radius 1 is 1.56 bits per heavy atom. The van der Waals surface area contributed by atoms with Crippen LogP contribution in [-0.4, -0.2) is 18.1 Å². The molecular formula is C13H18ClNS. The molecule has 1 saturated heterocycles. The summed E-state index contributed by atoms with van der Waals surface area (Å²) < 4.78 is 0. The van der Waals surface area contributed by atoms with Crippen molar-refractivity contribution in [1.82, 2.24) is 5.32 Å². The minimum absolute atomic E-state index is 0.393. The Morgan fingerprint density at radius 3 is 3.12 bits per heavy atom. The van der Waals surface area contributed by atoms with Crippen LogP contribution in [-0.2, 0) is 0 Å². The molecule has 0 radical (unpaired) electrons. The zero-order valence-electron chi connectivity index (χ0n) is 9.58. The lowest BCUT2D eigenvalue weighted by molar-refractivity contribution is 0.477. The van der Waals surface area contributed by atoms with E-state index in [1.165, 1.54) is 23.5 Å². The van der Waals surface area contributed by atoms with Crippen LogP contribution in [0.5, 0.6) is 0 Å². The molecule has 88 valence electrons. The van der Waals surface area contributed by atoms with Crippen molar-refractivity contribution in [1.29, 1.82) is 0 Å². The highest BCUT2D eigenvalue weighted by Gasteiger charge is 2.16. The van der Waals surface area contributed by atoms with Crippen molar-refractivity contribution in [3.8, 4) is 0 Å². The normalized spacial score (nSPS) is 22.2. The van der Waals surface area contributed by atoms with E-state index in [2.05, 4.69) is 30.1 Å². The highest BCUT2D eigenvalue weighted by molar-refractivity contribution is 7.99. The molecular weight excluding hydrogens is 238 g/mol. The third-order valence-corrected chi connectivity index (χ3v) is 4.55. The number of nitrogens with one attached hydrogen (secondary N) is 1. The first-order chi connectivity index (χ1) is 7.75. The topological polar surface area (TPSA) is 12.0 Å². The lowest BCUT2D eigenvalue weighted by atomic mass is 10.1. The standard InChI is InChI=1S/C13H18ClNS/c1-10(12-3-2-4-13(14)7-12)15-8-11-5-6-16-9-11/h2-4,7,10-11,15H,5-6,8-9H2,1H3/t10-,11?/m0/s1. The second-order valence-corrected chi connectivity index (χ2v) is 6.00. The van der Waals surface area contributed by atoms with Crippen molar-refractivity contribution < 1.29 is 0 Å². The molecule has 1 N–H and O–H groups in total. The lowest BCUT2D eigenvalue weighted by Gasteiger charge is -2.17. The van der Waals surface area contributed by atoms with Gasteiger partial charge in [-0.05, 0) is 55.0 Å². The summed E-state index contributed by atoms with van der Waals surface area (Å²) in [6, 6.07) is 8.51. The van der Waals surface area contributed by atoms with Crippen molar-refractivity contribution in [2.75, 3.05) is 18.1 Å². The first kappa shape index (κ1) is 12.3. The van der Waals surface area contributed by atoms with E-state index in [1.54, 1.807) is 0 Å². The largest absolute Gasteiger partial charge is 0.310 e. The molecule has 0 aromatic heterocycles. The molecule has 1 unspecified atom stereocenters. The van der Waals surface area contributed by atoms with Crippen LogP contribution in [0.15, 0.2) is 24.3 Å². The summed E-state index contributed by atoms with van der Waals surface area (Å²) in [5.74, 6) is 3.50. The predicted octanol–water partition coefficient (Wildman–Crippen LogP) is 3.74. The Hall–Kier alpha value is -0.180. The number of benzene rings is 1. The van der Waals surface area contributed by atoms with Gasteiger partial charge in [0.05, 0.1) is 0 Å². The van der Waals surface area contributed by atoms with Crippen molar-refractivity contribution in [2.45, 2.75) is 19.4 Å². The Labute approximate surface area is 107 Å². The molecule has 1 aliphatic rings. The minimum atomic E-state index is 0.393. The van der Waals surface area contributed by atoms with Crippen LogP contribution in [0.25, 0.3) is 0 Å². The van der Waals surface area contributed by atoms with Gasteiger partial charge >= 0.3 is 0 Å². The Balaban J connectivity index is 1.85. The smallest absolute Gasteiger partial charge is 0.0409 e. The molecule has 2 rings (SSSR count). The van der Waals surface area contributed by atoms with Crippen molar-refractivity contribution in [2.24, 2.45) is 5.92 Å². The number of hydrogen-bond donors (Lipinski definition) is 1. The number of halogens is 1. The quantitative estimate of drug-likeness (QED) is 0.880. The fourth-order valence-corrected chi connectivity index (χ4v) is 3.46. The maximum absolute atomic E-state index is 5.99. The maximum atomic E-state index is 5.99. The van der Waals surface area contributed by atoms with Crippen molar-refractivity contribution in [3.05, 3.63) is 34.9 Å². The molecule has 2 atom stereocenters. The second kappa shape index (κ2) is 5.95. The van der Waals surface area contributed by atoms with Crippen molar-refractivity contribution in [3.63, 3.8) is 0 Å². The van der Waals surface area contributed by atoms with Crippen LogP contribution in [0, 0.1) is 5.92 Å². The van der Waals surface area contributed by atoms with Gasteiger partial charge in [0.25, 0.3) is 0 Å². The molecule has 0 amide bonds. The molecule has 16 heavy (non-hydrogen) atoms. The van der Waals surface area contributed by atoms with E-state index in [0.29, 0.717) is 6.04 Å². The highest BCUT2D eigenvalue weighted by atomic mass is 35.5. The van der Waals surface area contributed by atoms with E-state index in [-0.39, 0.29) is 0 Å². The third kappa shape index (κ3) is 3.41. The monoisotopic (exact) mass is 255 g/mol. The fraction of sp³-hybridized carbons (Fsp3) is 0.538. The molecule has 1 aliphatic heterocycles. The van der Waals surface area contributed by atoms with Gasteiger partial charge in [0.15, 0.2) is 0 Å². The van der Waals surface area contributed by atoms with Gasteiger partial charge in [0.1, 0.15) is 0 Å². The van der Waals surface area contributed by atoms with Gasteiger partial charge in [0.2, 0.25) is 0 Å². The van der Waals surface area contributed by atoms with Crippen LogP contribution >= 0.6 is 23.4 Å². The van der Waals surface area contributed by atoms with Gasteiger partial charge in [-0.15, -0.1) is 0 Å². The molecule has 3 heteroatoms. The van der Waals surface area contributed by atoms with E-state index in [1.807, 2.05) is 18.2 Å². The number of thioether (sulfide) groups is 1. The molecule has 1 nitrogen and oxygen atoms in total. The summed E-state index contributed by atoms with van der Waals surface area (Å²) in [7, 11) is 0. The van der Waals surface area contributed by atoms with E-state index < -0.39 is 0 Å². The van der Waals surface area contributed by atoms with Crippen molar-refractivity contribution >= 4 is 23.4 Å². The fourth-order valence-electron chi connectivity index (χ4n) is 1.98. The molecule has 0 bridgehead atoms. The predicted molar refractivity (Wildman–Crippen MR) is 73.3 cm³/mol. The van der Waals surface area contributed by atoms with Gasteiger partial charge in [-0.1, -0.05) is 23.7 Å². The Bertz CT molecular complexity index is 336. The molecule has 1 aromatic rings. The zero-order valence-corrected chi connectivity index (χ0v) is 11.2.